The Balaban J connectivity index is 2.61. The van der Waals surface area contributed by atoms with Crippen LogP contribution in [0.3, 0.4) is 0 Å². The van der Waals surface area contributed by atoms with Crippen molar-refractivity contribution in [2.45, 2.75) is 13.8 Å². The SMILES string of the molecule is CCN(C)C(=O)c1sc2cccc(F)c2c1C. The summed E-state index contributed by atoms with van der Waals surface area (Å²) in [5.41, 5.74) is 0.744. The summed E-state index contributed by atoms with van der Waals surface area (Å²) in [6.07, 6.45) is 0. The number of rotatable bonds is 2. The van der Waals surface area contributed by atoms with Crippen LogP contribution in [0.15, 0.2) is 18.2 Å². The second-order valence-corrected chi connectivity index (χ2v) is 5.04. The second-order valence-electron chi connectivity index (χ2n) is 3.99. The highest BCUT2D eigenvalue weighted by Crippen LogP contribution is 2.33. The Morgan fingerprint density at radius 2 is 2.18 bits per heavy atom. The number of nitrogens with zero attached hydrogens (tertiary/aromatic N) is 1. The predicted octanol–water partition coefficient (Wildman–Crippen LogP) is 3.44. The molecule has 17 heavy (non-hydrogen) atoms. The molecule has 0 N–H and O–H groups in total. The van der Waals surface area contributed by atoms with E-state index in [1.165, 1.54) is 17.4 Å². The summed E-state index contributed by atoms with van der Waals surface area (Å²) in [5, 5.41) is 0.574. The lowest BCUT2D eigenvalue weighted by molar-refractivity contribution is 0.0806. The Hall–Kier alpha value is -1.42. The van der Waals surface area contributed by atoms with Crippen LogP contribution in [0.4, 0.5) is 4.39 Å². The first-order valence-electron chi connectivity index (χ1n) is 5.49. The Morgan fingerprint density at radius 1 is 1.47 bits per heavy atom. The number of carbonyl (C=O) groups is 1. The highest BCUT2D eigenvalue weighted by molar-refractivity contribution is 7.21. The molecule has 0 saturated heterocycles. The number of thiophene rings is 1. The zero-order valence-electron chi connectivity index (χ0n) is 10.1. The highest BCUT2D eigenvalue weighted by Gasteiger charge is 2.19. The molecule has 0 radical (unpaired) electrons. The van der Waals surface area contributed by atoms with Crippen LogP contribution < -0.4 is 0 Å². The summed E-state index contributed by atoms with van der Waals surface area (Å²) in [6, 6.07) is 4.95. The minimum Gasteiger partial charge on any atom is -0.341 e. The van der Waals surface area contributed by atoms with Crippen LogP contribution in [-0.4, -0.2) is 24.4 Å². The number of benzene rings is 1. The van der Waals surface area contributed by atoms with E-state index >= 15 is 0 Å². The molecule has 2 rings (SSSR count). The predicted molar refractivity (Wildman–Crippen MR) is 69.2 cm³/mol. The van der Waals surface area contributed by atoms with Gasteiger partial charge < -0.3 is 4.90 Å². The molecule has 0 aliphatic carbocycles. The van der Waals surface area contributed by atoms with Gasteiger partial charge in [0.1, 0.15) is 5.82 Å². The lowest BCUT2D eigenvalue weighted by atomic mass is 10.1. The minimum atomic E-state index is -0.255. The number of carbonyl (C=O) groups excluding carboxylic acids is 1. The summed E-state index contributed by atoms with van der Waals surface area (Å²) >= 11 is 1.36. The molecule has 0 saturated carbocycles. The van der Waals surface area contributed by atoms with Crippen molar-refractivity contribution in [3.05, 3.63) is 34.5 Å². The van der Waals surface area contributed by atoms with E-state index in [0.717, 1.165) is 10.3 Å². The first kappa shape index (κ1) is 12.0. The molecule has 1 aromatic carbocycles. The topological polar surface area (TPSA) is 20.3 Å². The average molecular weight is 251 g/mol. The van der Waals surface area contributed by atoms with Crippen molar-refractivity contribution in [3.8, 4) is 0 Å². The van der Waals surface area contributed by atoms with Gasteiger partial charge in [0, 0.05) is 23.7 Å². The lowest BCUT2D eigenvalue weighted by Gasteiger charge is -2.13. The second kappa shape index (κ2) is 4.45. The van der Waals surface area contributed by atoms with Crippen LogP contribution in [0.1, 0.15) is 22.2 Å². The van der Waals surface area contributed by atoms with E-state index in [2.05, 4.69) is 0 Å². The number of aryl methyl sites for hydroxylation is 1. The molecular formula is C13H14FNOS. The molecule has 2 nitrogen and oxygen atoms in total. The van der Waals surface area contributed by atoms with Gasteiger partial charge in [-0.2, -0.15) is 0 Å². The summed E-state index contributed by atoms with van der Waals surface area (Å²) < 4.78 is 14.5. The van der Waals surface area contributed by atoms with Gasteiger partial charge in [-0.1, -0.05) is 6.07 Å². The molecule has 1 aromatic heterocycles. The zero-order valence-corrected chi connectivity index (χ0v) is 10.9. The van der Waals surface area contributed by atoms with Crippen molar-refractivity contribution < 1.29 is 9.18 Å². The fraction of sp³-hybridized carbons (Fsp3) is 0.308. The number of hydrogen-bond acceptors (Lipinski definition) is 2. The summed E-state index contributed by atoms with van der Waals surface area (Å²) in [6.45, 7) is 4.37. The molecule has 0 unspecified atom stereocenters. The van der Waals surface area contributed by atoms with Crippen LogP contribution in [0, 0.1) is 12.7 Å². The lowest BCUT2D eigenvalue weighted by Crippen LogP contribution is -2.25. The Morgan fingerprint density at radius 3 is 2.76 bits per heavy atom. The van der Waals surface area contributed by atoms with Crippen molar-refractivity contribution in [1.29, 1.82) is 0 Å². The van der Waals surface area contributed by atoms with Gasteiger partial charge in [0.05, 0.1) is 4.88 Å². The standard InChI is InChI=1S/C13H14FNOS/c1-4-15(3)13(16)12-8(2)11-9(14)6-5-7-10(11)17-12/h5-7H,4H2,1-3H3. The van der Waals surface area contributed by atoms with Crippen molar-refractivity contribution in [2.24, 2.45) is 0 Å². The summed E-state index contributed by atoms with van der Waals surface area (Å²) in [7, 11) is 1.75. The molecular weight excluding hydrogens is 237 g/mol. The van der Waals surface area contributed by atoms with E-state index in [1.54, 1.807) is 24.9 Å². The Kier molecular flexibility index (Phi) is 3.15. The molecule has 0 aliphatic heterocycles. The maximum atomic E-state index is 13.7. The molecule has 0 aliphatic rings. The third-order valence-electron chi connectivity index (χ3n) is 2.92. The van der Waals surface area contributed by atoms with Crippen molar-refractivity contribution in [1.82, 2.24) is 4.90 Å². The van der Waals surface area contributed by atoms with Crippen LogP contribution in [0.2, 0.25) is 0 Å². The third-order valence-corrected chi connectivity index (χ3v) is 4.16. The molecule has 90 valence electrons. The molecule has 0 fully saturated rings. The van der Waals surface area contributed by atoms with E-state index in [4.69, 9.17) is 0 Å². The fourth-order valence-electron chi connectivity index (χ4n) is 1.77. The van der Waals surface area contributed by atoms with Crippen LogP contribution in [0.25, 0.3) is 10.1 Å². The Labute approximate surface area is 104 Å². The number of hydrogen-bond donors (Lipinski definition) is 0. The average Bonchev–Trinajstić information content (AvgIpc) is 2.66. The first-order chi connectivity index (χ1) is 8.06. The maximum Gasteiger partial charge on any atom is 0.263 e. The monoisotopic (exact) mass is 251 g/mol. The van der Waals surface area contributed by atoms with E-state index < -0.39 is 0 Å². The van der Waals surface area contributed by atoms with Crippen LogP contribution in [-0.2, 0) is 0 Å². The number of amides is 1. The third kappa shape index (κ3) is 1.93. The van der Waals surface area contributed by atoms with Gasteiger partial charge >= 0.3 is 0 Å². The van der Waals surface area contributed by atoms with Crippen LogP contribution >= 0.6 is 11.3 Å². The van der Waals surface area contributed by atoms with Gasteiger partial charge in [-0.25, -0.2) is 4.39 Å². The van der Waals surface area contributed by atoms with Crippen molar-refractivity contribution in [2.75, 3.05) is 13.6 Å². The largest absolute Gasteiger partial charge is 0.341 e. The van der Waals surface area contributed by atoms with Gasteiger partial charge in [-0.3, -0.25) is 4.79 Å². The highest BCUT2D eigenvalue weighted by atomic mass is 32.1. The van der Waals surface area contributed by atoms with Gasteiger partial charge in [-0.15, -0.1) is 11.3 Å². The zero-order chi connectivity index (χ0) is 12.6. The summed E-state index contributed by atoms with van der Waals surface area (Å²) in [4.78, 5) is 14.4. The molecule has 0 spiro atoms. The van der Waals surface area contributed by atoms with E-state index in [9.17, 15) is 9.18 Å². The van der Waals surface area contributed by atoms with E-state index in [0.29, 0.717) is 16.8 Å². The number of halogens is 1. The van der Waals surface area contributed by atoms with Crippen LogP contribution in [0.5, 0.6) is 0 Å². The van der Waals surface area contributed by atoms with Gasteiger partial charge in [0.25, 0.3) is 5.91 Å². The number of fused-ring (bicyclic) bond motifs is 1. The normalized spacial score (nSPS) is 10.8. The molecule has 1 heterocycles. The van der Waals surface area contributed by atoms with Crippen molar-refractivity contribution in [3.63, 3.8) is 0 Å². The quantitative estimate of drug-likeness (QED) is 0.800. The molecule has 0 atom stereocenters. The smallest absolute Gasteiger partial charge is 0.263 e. The molecule has 2 aromatic rings. The van der Waals surface area contributed by atoms with Gasteiger partial charge in [0.15, 0.2) is 0 Å². The first-order valence-corrected chi connectivity index (χ1v) is 6.31. The summed E-state index contributed by atoms with van der Waals surface area (Å²) in [5.74, 6) is -0.292. The van der Waals surface area contributed by atoms with E-state index in [-0.39, 0.29) is 11.7 Å². The minimum absolute atomic E-state index is 0.0365. The molecule has 0 bridgehead atoms. The van der Waals surface area contributed by atoms with Gasteiger partial charge in [-0.05, 0) is 31.5 Å². The Bertz CT molecular complexity index is 576. The maximum absolute atomic E-state index is 13.7. The van der Waals surface area contributed by atoms with Crippen molar-refractivity contribution >= 4 is 27.3 Å². The fourth-order valence-corrected chi connectivity index (χ4v) is 2.99. The van der Waals surface area contributed by atoms with E-state index in [1.807, 2.05) is 13.0 Å². The van der Waals surface area contributed by atoms with Gasteiger partial charge in [0.2, 0.25) is 0 Å². The molecule has 1 amide bonds. The molecule has 4 heteroatoms.